The van der Waals surface area contributed by atoms with Crippen molar-refractivity contribution in [2.75, 3.05) is 21.3 Å². The average Bonchev–Trinajstić information content (AvgIpc) is 2.35. The highest BCUT2D eigenvalue weighted by atomic mass is 35.5. The van der Waals surface area contributed by atoms with Gasteiger partial charge in [0.2, 0.25) is 5.75 Å². The lowest BCUT2D eigenvalue weighted by atomic mass is 10.1. The van der Waals surface area contributed by atoms with Crippen molar-refractivity contribution in [3.63, 3.8) is 0 Å². The summed E-state index contributed by atoms with van der Waals surface area (Å²) in [7, 11) is 4.54. The number of nitriles is 1. The van der Waals surface area contributed by atoms with Crippen molar-refractivity contribution in [1.82, 2.24) is 0 Å². The topological polar surface area (TPSA) is 77.5 Å². The zero-order valence-corrected chi connectivity index (χ0v) is 10.7. The number of methoxy groups -OCH3 is 3. The second kappa shape index (κ2) is 6.84. The highest BCUT2D eigenvalue weighted by Crippen LogP contribution is 2.39. The van der Waals surface area contributed by atoms with Crippen LogP contribution in [0.15, 0.2) is 12.1 Å². The second-order valence-corrected chi connectivity index (χ2v) is 3.07. The Bertz CT molecular complexity index is 393. The lowest BCUT2D eigenvalue weighted by molar-refractivity contribution is 0.323. The molecule has 0 aliphatic rings. The number of benzene rings is 1. The van der Waals surface area contributed by atoms with Gasteiger partial charge >= 0.3 is 0 Å². The molecular formula is C11H15ClN2O3. The molecule has 0 heterocycles. The maximum atomic E-state index is 8.75. The summed E-state index contributed by atoms with van der Waals surface area (Å²) in [4.78, 5) is 0. The van der Waals surface area contributed by atoms with E-state index >= 15 is 0 Å². The molecule has 0 aromatic heterocycles. The molecule has 2 N–H and O–H groups in total. The monoisotopic (exact) mass is 258 g/mol. The summed E-state index contributed by atoms with van der Waals surface area (Å²) in [6, 6.07) is 4.56. The molecule has 0 amide bonds. The summed E-state index contributed by atoms with van der Waals surface area (Å²) in [5.74, 6) is 1.46. The molecule has 0 saturated heterocycles. The average molecular weight is 259 g/mol. The lowest BCUT2D eigenvalue weighted by Gasteiger charge is -2.14. The quantitative estimate of drug-likeness (QED) is 0.889. The molecule has 0 fully saturated rings. The summed E-state index contributed by atoms with van der Waals surface area (Å²) in [6.07, 6.45) is 0. The van der Waals surface area contributed by atoms with E-state index in [0.29, 0.717) is 22.8 Å². The highest BCUT2D eigenvalue weighted by Gasteiger charge is 2.15. The second-order valence-electron chi connectivity index (χ2n) is 3.07. The van der Waals surface area contributed by atoms with Gasteiger partial charge in [0, 0.05) is 0 Å². The molecule has 1 atom stereocenters. The smallest absolute Gasteiger partial charge is 0.203 e. The standard InChI is InChI=1S/C11H14N2O3.ClH/c1-14-9-4-7(8(13)6-12)5-10(15-2)11(9)16-3;/h4-5,8H,13H2,1-3H3;1H. The van der Waals surface area contributed by atoms with Crippen molar-refractivity contribution < 1.29 is 14.2 Å². The summed E-state index contributed by atoms with van der Waals surface area (Å²) in [5.41, 5.74) is 6.24. The minimum absolute atomic E-state index is 0. The summed E-state index contributed by atoms with van der Waals surface area (Å²) in [5, 5.41) is 8.75. The van der Waals surface area contributed by atoms with E-state index in [1.807, 2.05) is 6.07 Å². The van der Waals surface area contributed by atoms with Crippen molar-refractivity contribution >= 4 is 12.4 Å². The van der Waals surface area contributed by atoms with Crippen molar-refractivity contribution in [3.05, 3.63) is 17.7 Å². The first-order valence-corrected chi connectivity index (χ1v) is 4.63. The molecule has 5 nitrogen and oxygen atoms in total. The van der Waals surface area contributed by atoms with Gasteiger partial charge in [0.05, 0.1) is 27.4 Å². The number of hydrogen-bond donors (Lipinski definition) is 1. The Labute approximate surface area is 106 Å². The summed E-state index contributed by atoms with van der Waals surface area (Å²) < 4.78 is 15.4. The molecule has 17 heavy (non-hydrogen) atoms. The van der Waals surface area contributed by atoms with Gasteiger partial charge in [-0.15, -0.1) is 12.4 Å². The Balaban J connectivity index is 0.00000256. The van der Waals surface area contributed by atoms with Crippen LogP contribution in [0.4, 0.5) is 0 Å². The molecule has 0 aliphatic heterocycles. The summed E-state index contributed by atoms with van der Waals surface area (Å²) in [6.45, 7) is 0. The van der Waals surface area contributed by atoms with Crippen LogP contribution >= 0.6 is 12.4 Å². The van der Waals surface area contributed by atoms with E-state index in [2.05, 4.69) is 0 Å². The fraction of sp³-hybridized carbons (Fsp3) is 0.364. The van der Waals surface area contributed by atoms with E-state index in [-0.39, 0.29) is 12.4 Å². The van der Waals surface area contributed by atoms with Crippen molar-refractivity contribution in [2.24, 2.45) is 5.73 Å². The highest BCUT2D eigenvalue weighted by molar-refractivity contribution is 5.85. The van der Waals surface area contributed by atoms with Crippen molar-refractivity contribution in [1.29, 1.82) is 5.26 Å². The first-order chi connectivity index (χ1) is 7.67. The Morgan fingerprint density at radius 3 is 1.88 bits per heavy atom. The molecule has 0 radical (unpaired) electrons. The zero-order valence-electron chi connectivity index (χ0n) is 9.89. The van der Waals surface area contributed by atoms with Crippen molar-refractivity contribution in [3.8, 4) is 23.3 Å². The van der Waals surface area contributed by atoms with Crippen LogP contribution in [-0.2, 0) is 0 Å². The van der Waals surface area contributed by atoms with Gasteiger partial charge in [0.15, 0.2) is 11.5 Å². The Morgan fingerprint density at radius 2 is 1.59 bits per heavy atom. The van der Waals surface area contributed by atoms with Crippen LogP contribution in [-0.4, -0.2) is 21.3 Å². The number of halogens is 1. The first-order valence-electron chi connectivity index (χ1n) is 4.63. The van der Waals surface area contributed by atoms with E-state index < -0.39 is 6.04 Å². The fourth-order valence-corrected chi connectivity index (χ4v) is 1.36. The van der Waals surface area contributed by atoms with Gasteiger partial charge < -0.3 is 19.9 Å². The van der Waals surface area contributed by atoms with Crippen LogP contribution in [0.3, 0.4) is 0 Å². The van der Waals surface area contributed by atoms with Crippen LogP contribution in [0.5, 0.6) is 17.2 Å². The maximum absolute atomic E-state index is 8.75. The molecular weight excluding hydrogens is 244 g/mol. The Morgan fingerprint density at radius 1 is 1.12 bits per heavy atom. The van der Waals surface area contributed by atoms with Gasteiger partial charge in [-0.2, -0.15) is 5.26 Å². The van der Waals surface area contributed by atoms with Crippen LogP contribution < -0.4 is 19.9 Å². The number of ether oxygens (including phenoxy) is 3. The third kappa shape index (κ3) is 3.16. The minimum Gasteiger partial charge on any atom is -0.493 e. The van der Waals surface area contributed by atoms with E-state index in [0.717, 1.165) is 0 Å². The van der Waals surface area contributed by atoms with Crippen LogP contribution in [0.1, 0.15) is 11.6 Å². The van der Waals surface area contributed by atoms with E-state index in [4.69, 9.17) is 25.2 Å². The third-order valence-electron chi connectivity index (χ3n) is 2.19. The molecule has 1 aromatic rings. The van der Waals surface area contributed by atoms with Gasteiger partial charge in [-0.1, -0.05) is 0 Å². The largest absolute Gasteiger partial charge is 0.493 e. The minimum atomic E-state index is -0.714. The fourth-order valence-electron chi connectivity index (χ4n) is 1.36. The number of nitrogens with two attached hydrogens (primary N) is 1. The molecule has 0 spiro atoms. The van der Waals surface area contributed by atoms with Crippen LogP contribution in [0.25, 0.3) is 0 Å². The van der Waals surface area contributed by atoms with Gasteiger partial charge in [-0.25, -0.2) is 0 Å². The van der Waals surface area contributed by atoms with E-state index in [1.165, 1.54) is 21.3 Å². The molecule has 0 aliphatic carbocycles. The van der Waals surface area contributed by atoms with Crippen molar-refractivity contribution in [2.45, 2.75) is 6.04 Å². The molecule has 0 saturated carbocycles. The van der Waals surface area contributed by atoms with Gasteiger partial charge in [0.1, 0.15) is 6.04 Å². The third-order valence-corrected chi connectivity index (χ3v) is 2.19. The zero-order chi connectivity index (χ0) is 12.1. The predicted molar refractivity (Wildman–Crippen MR) is 65.9 cm³/mol. The summed E-state index contributed by atoms with van der Waals surface area (Å²) >= 11 is 0. The van der Waals surface area contributed by atoms with Gasteiger partial charge in [-0.05, 0) is 17.7 Å². The van der Waals surface area contributed by atoms with Gasteiger partial charge in [0.25, 0.3) is 0 Å². The molecule has 1 unspecified atom stereocenters. The molecule has 0 bridgehead atoms. The Kier molecular flexibility index (Phi) is 6.18. The Hall–Kier alpha value is -1.64. The lowest BCUT2D eigenvalue weighted by Crippen LogP contribution is -2.08. The normalized spacial score (nSPS) is 10.8. The maximum Gasteiger partial charge on any atom is 0.203 e. The number of nitrogens with zero attached hydrogens (tertiary/aromatic N) is 1. The van der Waals surface area contributed by atoms with Crippen LogP contribution in [0.2, 0.25) is 0 Å². The molecule has 1 aromatic carbocycles. The number of hydrogen-bond acceptors (Lipinski definition) is 5. The number of rotatable bonds is 4. The van der Waals surface area contributed by atoms with Crippen LogP contribution in [0, 0.1) is 11.3 Å². The van der Waals surface area contributed by atoms with E-state index in [1.54, 1.807) is 12.1 Å². The van der Waals surface area contributed by atoms with E-state index in [9.17, 15) is 0 Å². The first kappa shape index (κ1) is 15.4. The molecule has 94 valence electrons. The van der Waals surface area contributed by atoms with Gasteiger partial charge in [-0.3, -0.25) is 0 Å². The predicted octanol–water partition coefficient (Wildman–Crippen LogP) is 1.66. The SMILES string of the molecule is COc1cc(C(N)C#N)cc(OC)c1OC.Cl. The molecule has 1 rings (SSSR count). The molecule has 6 heteroatoms.